The Bertz CT molecular complexity index is 708. The summed E-state index contributed by atoms with van der Waals surface area (Å²) in [4.78, 5) is 25.9. The zero-order chi connectivity index (χ0) is 23.8. The first-order valence-electron chi connectivity index (χ1n) is 13.6. The third-order valence-electron chi connectivity index (χ3n) is 10.0. The Hall–Kier alpha value is -1.08. The zero-order valence-electron chi connectivity index (χ0n) is 20.9. The van der Waals surface area contributed by atoms with E-state index in [4.69, 9.17) is 19.5 Å². The number of rotatable bonds is 8. The molecular formula is C26H45BN4O2. The summed E-state index contributed by atoms with van der Waals surface area (Å²) < 4.78 is 0. The van der Waals surface area contributed by atoms with Gasteiger partial charge in [0.25, 0.3) is 0 Å². The van der Waals surface area contributed by atoms with Gasteiger partial charge in [-0.2, -0.15) is 0 Å². The fourth-order valence-electron chi connectivity index (χ4n) is 7.92. The minimum absolute atomic E-state index is 0.00429. The number of Topliss-reactive ketones (excluding diaryl/α,β-unsaturated/α-hetero) is 1. The maximum absolute atomic E-state index is 13.4. The van der Waals surface area contributed by atoms with E-state index in [2.05, 4.69) is 13.8 Å². The van der Waals surface area contributed by atoms with Crippen molar-refractivity contribution in [3.63, 3.8) is 0 Å². The van der Waals surface area contributed by atoms with E-state index in [0.717, 1.165) is 67.6 Å². The lowest BCUT2D eigenvalue weighted by Gasteiger charge is -2.51. The van der Waals surface area contributed by atoms with Gasteiger partial charge >= 0.3 is 6.03 Å². The Balaban J connectivity index is 1.40. The maximum Gasteiger partial charge on any atom is 0.348 e. The lowest BCUT2D eigenvalue weighted by Crippen LogP contribution is -2.54. The van der Waals surface area contributed by atoms with Crippen molar-refractivity contribution in [1.82, 2.24) is 10.0 Å². The van der Waals surface area contributed by atoms with Crippen molar-refractivity contribution < 1.29 is 9.59 Å². The van der Waals surface area contributed by atoms with Crippen LogP contribution in [-0.2, 0) is 4.79 Å². The summed E-state index contributed by atoms with van der Waals surface area (Å²) in [7, 11) is 6.12. The van der Waals surface area contributed by atoms with Crippen molar-refractivity contribution in [2.45, 2.75) is 90.8 Å². The highest BCUT2D eigenvalue weighted by Crippen LogP contribution is 2.62. The minimum atomic E-state index is -0.453. The Morgan fingerprint density at radius 2 is 1.67 bits per heavy atom. The first kappa shape index (κ1) is 25.0. The van der Waals surface area contributed by atoms with Crippen molar-refractivity contribution in [2.24, 2.45) is 58.5 Å². The number of hydrazine groups is 2. The number of ketones is 1. The van der Waals surface area contributed by atoms with Crippen LogP contribution in [0.1, 0.15) is 84.5 Å². The summed E-state index contributed by atoms with van der Waals surface area (Å²) in [6.07, 6.45) is 13.8. The van der Waals surface area contributed by atoms with Gasteiger partial charge in [-0.3, -0.25) is 14.8 Å². The molecule has 4 saturated carbocycles. The predicted molar refractivity (Wildman–Crippen MR) is 132 cm³/mol. The molecule has 7 heteroatoms. The molecule has 2 radical (unpaired) electrons. The molecule has 33 heavy (non-hydrogen) atoms. The van der Waals surface area contributed by atoms with E-state index in [1.807, 2.05) is 0 Å². The van der Waals surface area contributed by atoms with Crippen LogP contribution in [0.25, 0.3) is 0 Å². The molecule has 0 spiro atoms. The van der Waals surface area contributed by atoms with Crippen LogP contribution >= 0.6 is 0 Å². The van der Waals surface area contributed by atoms with Crippen LogP contribution in [0, 0.1) is 46.8 Å². The Morgan fingerprint density at radius 1 is 0.970 bits per heavy atom. The molecule has 5 atom stereocenters. The van der Waals surface area contributed by atoms with Crippen molar-refractivity contribution in [3.05, 3.63) is 0 Å². The number of urea groups is 1. The van der Waals surface area contributed by atoms with Gasteiger partial charge in [-0.05, 0) is 92.3 Å². The number of hydrogen-bond donors (Lipinski definition) is 2. The molecular weight excluding hydrogens is 411 g/mol. The average molecular weight is 456 g/mol. The highest BCUT2D eigenvalue weighted by Gasteiger charge is 2.56. The molecule has 6 nitrogen and oxygen atoms in total. The molecule has 4 aliphatic carbocycles. The van der Waals surface area contributed by atoms with Crippen LogP contribution in [0.3, 0.4) is 0 Å². The van der Waals surface area contributed by atoms with E-state index >= 15 is 0 Å². The van der Waals surface area contributed by atoms with Crippen molar-refractivity contribution in [1.29, 1.82) is 0 Å². The normalized spacial score (nSPS) is 38.5. The summed E-state index contributed by atoms with van der Waals surface area (Å²) in [5, 5.41) is 2.21. The van der Waals surface area contributed by atoms with Gasteiger partial charge in [0.1, 0.15) is 0 Å². The van der Waals surface area contributed by atoms with Crippen molar-refractivity contribution >= 4 is 19.7 Å². The van der Waals surface area contributed by atoms with E-state index in [1.54, 1.807) is 0 Å². The Kier molecular flexibility index (Phi) is 7.79. The summed E-state index contributed by atoms with van der Waals surface area (Å²) in [5.41, 5.74) is -0.00429. The van der Waals surface area contributed by atoms with E-state index in [0.29, 0.717) is 24.3 Å². The van der Waals surface area contributed by atoms with E-state index < -0.39 is 6.03 Å². The summed E-state index contributed by atoms with van der Waals surface area (Å²) in [6.45, 7) is 5.20. The number of nitrogens with two attached hydrogens (primary N) is 2. The topological polar surface area (TPSA) is 92.7 Å². The SMILES string of the molecule is [B]CCC1C(C2CCC(C)CC2)CCC2(C)C(C(=O)CN(N)C(=O)N(N)CC3CC3)CCC12. The van der Waals surface area contributed by atoms with E-state index in [-0.39, 0.29) is 23.7 Å². The summed E-state index contributed by atoms with van der Waals surface area (Å²) in [5.74, 6) is 16.1. The van der Waals surface area contributed by atoms with Crippen LogP contribution in [-0.4, -0.2) is 42.8 Å². The third kappa shape index (κ3) is 5.29. The molecule has 0 aromatic carbocycles. The number of nitrogens with zero attached hydrogens (tertiary/aromatic N) is 2. The third-order valence-corrected chi connectivity index (χ3v) is 10.0. The molecule has 5 unspecified atom stereocenters. The molecule has 4 rings (SSSR count). The molecule has 4 fully saturated rings. The van der Waals surface area contributed by atoms with Crippen molar-refractivity contribution in [2.75, 3.05) is 13.1 Å². The zero-order valence-corrected chi connectivity index (χ0v) is 20.9. The molecule has 0 aromatic rings. The maximum atomic E-state index is 13.4. The van der Waals surface area contributed by atoms with Gasteiger partial charge in [0.2, 0.25) is 0 Å². The van der Waals surface area contributed by atoms with Gasteiger partial charge in [0, 0.05) is 12.5 Å². The molecule has 2 amide bonds. The van der Waals surface area contributed by atoms with Crippen LogP contribution in [0.2, 0.25) is 6.32 Å². The van der Waals surface area contributed by atoms with E-state index in [9.17, 15) is 9.59 Å². The molecule has 4 N–H and O–H groups in total. The quantitative estimate of drug-likeness (QED) is 0.247. The number of carbonyl (C=O) groups is 2. The van der Waals surface area contributed by atoms with Gasteiger partial charge in [0.05, 0.1) is 14.4 Å². The number of hydrogen-bond acceptors (Lipinski definition) is 4. The van der Waals surface area contributed by atoms with Gasteiger partial charge in [-0.1, -0.05) is 39.4 Å². The monoisotopic (exact) mass is 456 g/mol. The molecule has 0 aliphatic heterocycles. The minimum Gasteiger partial charge on any atom is -0.297 e. The number of carbonyl (C=O) groups excluding carboxylic acids is 2. The van der Waals surface area contributed by atoms with Gasteiger partial charge in [0.15, 0.2) is 5.78 Å². The largest absolute Gasteiger partial charge is 0.348 e. The van der Waals surface area contributed by atoms with Gasteiger partial charge in [-0.25, -0.2) is 16.5 Å². The number of fused-ring (bicyclic) bond motifs is 1. The fraction of sp³-hybridized carbons (Fsp3) is 0.923. The van der Waals surface area contributed by atoms with Gasteiger partial charge < -0.3 is 0 Å². The second kappa shape index (κ2) is 10.3. The Morgan fingerprint density at radius 3 is 2.30 bits per heavy atom. The van der Waals surface area contributed by atoms with Crippen LogP contribution in [0.4, 0.5) is 4.79 Å². The second-order valence-electron chi connectivity index (χ2n) is 12.2. The molecule has 0 heterocycles. The molecule has 0 aromatic heterocycles. The summed E-state index contributed by atoms with van der Waals surface area (Å²) in [6, 6.07) is -0.453. The second-order valence-corrected chi connectivity index (χ2v) is 12.2. The Labute approximate surface area is 201 Å². The predicted octanol–water partition coefficient (Wildman–Crippen LogP) is 4.30. The molecule has 0 saturated heterocycles. The highest BCUT2D eigenvalue weighted by atomic mass is 16.2. The summed E-state index contributed by atoms with van der Waals surface area (Å²) >= 11 is 0. The lowest BCUT2D eigenvalue weighted by molar-refractivity contribution is -0.129. The van der Waals surface area contributed by atoms with Gasteiger partial charge in [-0.15, -0.1) is 0 Å². The standard InChI is InChI=1S/C26H45BN4O2/c1-17-3-7-19(8-4-17)20-11-13-26(2)22(21(20)12-14-27)9-10-23(26)24(32)16-31(29)25(33)30(28)15-18-5-6-18/h17-23H,3-16,28-29H2,1-2H3. The molecule has 184 valence electrons. The molecule has 4 aliphatic rings. The average Bonchev–Trinajstić information content (AvgIpc) is 3.52. The fourth-order valence-corrected chi connectivity index (χ4v) is 7.92. The lowest BCUT2D eigenvalue weighted by atomic mass is 9.53. The smallest absolute Gasteiger partial charge is 0.297 e. The molecule has 0 bridgehead atoms. The first-order valence-corrected chi connectivity index (χ1v) is 13.6. The van der Waals surface area contributed by atoms with Crippen LogP contribution < -0.4 is 11.7 Å². The van der Waals surface area contributed by atoms with Crippen LogP contribution in [0.15, 0.2) is 0 Å². The van der Waals surface area contributed by atoms with Crippen molar-refractivity contribution in [3.8, 4) is 0 Å². The highest BCUT2D eigenvalue weighted by molar-refractivity contribution is 6.08. The first-order chi connectivity index (χ1) is 15.7. The van der Waals surface area contributed by atoms with Crippen LogP contribution in [0.5, 0.6) is 0 Å². The van der Waals surface area contributed by atoms with E-state index in [1.165, 1.54) is 37.1 Å². The number of amides is 2.